The monoisotopic (exact) mass is 333 g/mol. The van der Waals surface area contributed by atoms with E-state index in [4.69, 9.17) is 4.74 Å². The van der Waals surface area contributed by atoms with Gasteiger partial charge >= 0.3 is 5.97 Å². The predicted octanol–water partition coefficient (Wildman–Crippen LogP) is 2.39. The van der Waals surface area contributed by atoms with Gasteiger partial charge in [0.2, 0.25) is 0 Å². The number of benzene rings is 1. The van der Waals surface area contributed by atoms with Crippen LogP contribution in [-0.4, -0.2) is 33.8 Å². The number of hydrogen-bond donors (Lipinski definition) is 1. The lowest BCUT2D eigenvalue weighted by Gasteiger charge is -2.19. The maximum absolute atomic E-state index is 13.9. The van der Waals surface area contributed by atoms with Crippen LogP contribution >= 0.6 is 0 Å². The summed E-state index contributed by atoms with van der Waals surface area (Å²) in [6.45, 7) is 6.64. The van der Waals surface area contributed by atoms with Crippen LogP contribution in [0.15, 0.2) is 30.5 Å². The van der Waals surface area contributed by atoms with E-state index in [1.54, 1.807) is 45.9 Å². The molecule has 0 saturated carbocycles. The van der Waals surface area contributed by atoms with Crippen LogP contribution in [0.1, 0.15) is 36.8 Å². The van der Waals surface area contributed by atoms with E-state index in [0.29, 0.717) is 5.69 Å². The number of ether oxygens (including phenoxy) is 1. The van der Waals surface area contributed by atoms with Crippen molar-refractivity contribution in [1.29, 1.82) is 0 Å². The van der Waals surface area contributed by atoms with Crippen molar-refractivity contribution in [3.05, 3.63) is 47.5 Å². The molecule has 1 amide bonds. The molecule has 7 heteroatoms. The largest absolute Gasteiger partial charge is 0.459 e. The summed E-state index contributed by atoms with van der Waals surface area (Å²) in [5.74, 6) is -1.44. The molecule has 1 heterocycles. The van der Waals surface area contributed by atoms with Crippen LogP contribution in [0.2, 0.25) is 0 Å². The van der Waals surface area contributed by atoms with Gasteiger partial charge in [0.1, 0.15) is 23.7 Å². The normalized spacial score (nSPS) is 11.2. The van der Waals surface area contributed by atoms with Crippen molar-refractivity contribution in [2.24, 2.45) is 0 Å². The Balaban J connectivity index is 2.10. The third-order valence-corrected chi connectivity index (χ3v) is 3.15. The van der Waals surface area contributed by atoms with Crippen LogP contribution in [0.5, 0.6) is 0 Å². The molecule has 0 aliphatic heterocycles. The molecule has 0 saturated heterocycles. The molecule has 2 rings (SSSR count). The van der Waals surface area contributed by atoms with Crippen molar-refractivity contribution < 1.29 is 18.7 Å². The van der Waals surface area contributed by atoms with E-state index in [0.717, 1.165) is 0 Å². The Bertz CT molecular complexity index is 763. The highest BCUT2D eigenvalue weighted by molar-refractivity contribution is 5.96. The van der Waals surface area contributed by atoms with Gasteiger partial charge in [-0.3, -0.25) is 9.59 Å². The van der Waals surface area contributed by atoms with Gasteiger partial charge in [-0.15, -0.1) is 0 Å². The molecule has 2 aromatic rings. The zero-order valence-electron chi connectivity index (χ0n) is 14.1. The smallest absolute Gasteiger partial charge is 0.325 e. The van der Waals surface area contributed by atoms with E-state index in [2.05, 4.69) is 10.4 Å². The summed E-state index contributed by atoms with van der Waals surface area (Å²) >= 11 is 0. The van der Waals surface area contributed by atoms with Gasteiger partial charge in [-0.05, 0) is 39.8 Å². The Morgan fingerprint density at radius 2 is 1.96 bits per heavy atom. The highest BCUT2D eigenvalue weighted by Gasteiger charge is 2.20. The van der Waals surface area contributed by atoms with Crippen LogP contribution < -0.4 is 5.32 Å². The molecule has 0 aliphatic rings. The SMILES string of the molecule is Cc1c(C(=O)NCC(=O)OC(C)(C)C)cnn1-c1ccccc1F. The summed E-state index contributed by atoms with van der Waals surface area (Å²) in [4.78, 5) is 23.8. The molecule has 1 aromatic carbocycles. The van der Waals surface area contributed by atoms with E-state index in [9.17, 15) is 14.0 Å². The lowest BCUT2D eigenvalue weighted by molar-refractivity contribution is -0.153. The first kappa shape index (κ1) is 17.7. The molecule has 0 fully saturated rings. The van der Waals surface area contributed by atoms with Gasteiger partial charge < -0.3 is 10.1 Å². The molecule has 128 valence electrons. The summed E-state index contributed by atoms with van der Waals surface area (Å²) < 4.78 is 20.3. The summed E-state index contributed by atoms with van der Waals surface area (Å²) in [5.41, 5.74) is 0.373. The van der Waals surface area contributed by atoms with Crippen molar-refractivity contribution in [2.75, 3.05) is 6.54 Å². The number of nitrogens with zero attached hydrogens (tertiary/aromatic N) is 2. The highest BCUT2D eigenvalue weighted by atomic mass is 19.1. The number of nitrogens with one attached hydrogen (secondary N) is 1. The number of hydrogen-bond acceptors (Lipinski definition) is 4. The number of halogens is 1. The van der Waals surface area contributed by atoms with Crippen molar-refractivity contribution in [1.82, 2.24) is 15.1 Å². The zero-order chi connectivity index (χ0) is 17.9. The maximum atomic E-state index is 13.9. The summed E-state index contributed by atoms with van der Waals surface area (Å²) in [6, 6.07) is 6.14. The van der Waals surface area contributed by atoms with Gasteiger partial charge in [-0.2, -0.15) is 5.10 Å². The number of rotatable bonds is 4. The van der Waals surface area contributed by atoms with Gasteiger partial charge in [-0.1, -0.05) is 12.1 Å². The lowest BCUT2D eigenvalue weighted by atomic mass is 10.2. The zero-order valence-corrected chi connectivity index (χ0v) is 14.1. The second-order valence-electron chi connectivity index (χ2n) is 6.28. The molecule has 0 unspecified atom stereocenters. The first-order chi connectivity index (χ1) is 11.2. The fourth-order valence-corrected chi connectivity index (χ4v) is 2.12. The second kappa shape index (κ2) is 6.82. The molecule has 1 aromatic heterocycles. The van der Waals surface area contributed by atoms with Crippen molar-refractivity contribution in [2.45, 2.75) is 33.3 Å². The topological polar surface area (TPSA) is 73.2 Å². The number of amides is 1. The summed E-state index contributed by atoms with van der Waals surface area (Å²) in [7, 11) is 0. The Labute approximate surface area is 139 Å². The summed E-state index contributed by atoms with van der Waals surface area (Å²) in [5, 5.41) is 6.54. The molecule has 0 spiro atoms. The number of esters is 1. The average Bonchev–Trinajstić information content (AvgIpc) is 2.85. The van der Waals surface area contributed by atoms with Gasteiger partial charge in [-0.25, -0.2) is 9.07 Å². The molecule has 1 N–H and O–H groups in total. The molecule has 0 bridgehead atoms. The van der Waals surface area contributed by atoms with Crippen LogP contribution in [0, 0.1) is 12.7 Å². The van der Waals surface area contributed by atoms with E-state index >= 15 is 0 Å². The summed E-state index contributed by atoms with van der Waals surface area (Å²) in [6.07, 6.45) is 1.34. The highest BCUT2D eigenvalue weighted by Crippen LogP contribution is 2.17. The Kier molecular flexibility index (Phi) is 5.02. The number of carbonyl (C=O) groups excluding carboxylic acids is 2. The first-order valence-corrected chi connectivity index (χ1v) is 7.48. The number of para-hydroxylation sites is 1. The standard InChI is InChI=1S/C17H20FN3O3/c1-11-12(16(23)19-10-15(22)24-17(2,3)4)9-20-21(11)14-8-6-5-7-13(14)18/h5-9H,10H2,1-4H3,(H,19,23). The minimum absolute atomic E-state index is 0.250. The number of aromatic nitrogens is 2. The van der Waals surface area contributed by atoms with E-state index in [-0.39, 0.29) is 17.8 Å². The lowest BCUT2D eigenvalue weighted by Crippen LogP contribution is -2.34. The van der Waals surface area contributed by atoms with Crippen LogP contribution in [0.3, 0.4) is 0 Å². The average molecular weight is 333 g/mol. The Morgan fingerprint density at radius 1 is 1.29 bits per heavy atom. The van der Waals surface area contributed by atoms with E-state index in [1.807, 2.05) is 0 Å². The third-order valence-electron chi connectivity index (χ3n) is 3.15. The van der Waals surface area contributed by atoms with Gasteiger partial charge in [0, 0.05) is 0 Å². The quantitative estimate of drug-likeness (QED) is 0.872. The minimum atomic E-state index is -0.618. The maximum Gasteiger partial charge on any atom is 0.325 e. The molecule has 0 radical (unpaired) electrons. The Hall–Kier alpha value is -2.70. The fourth-order valence-electron chi connectivity index (χ4n) is 2.12. The first-order valence-electron chi connectivity index (χ1n) is 7.48. The van der Waals surface area contributed by atoms with E-state index < -0.39 is 23.3 Å². The molecule has 24 heavy (non-hydrogen) atoms. The molecule has 6 nitrogen and oxygen atoms in total. The predicted molar refractivity (Wildman–Crippen MR) is 86.4 cm³/mol. The fraction of sp³-hybridized carbons (Fsp3) is 0.353. The second-order valence-corrected chi connectivity index (χ2v) is 6.28. The molecular weight excluding hydrogens is 313 g/mol. The molecular formula is C17H20FN3O3. The minimum Gasteiger partial charge on any atom is -0.459 e. The van der Waals surface area contributed by atoms with Crippen LogP contribution in [-0.2, 0) is 9.53 Å². The van der Waals surface area contributed by atoms with Crippen LogP contribution in [0.25, 0.3) is 5.69 Å². The van der Waals surface area contributed by atoms with Gasteiger partial charge in [0.25, 0.3) is 5.91 Å². The number of carbonyl (C=O) groups is 2. The van der Waals surface area contributed by atoms with Gasteiger partial charge in [0.15, 0.2) is 0 Å². The molecule has 0 aliphatic carbocycles. The Morgan fingerprint density at radius 3 is 2.58 bits per heavy atom. The van der Waals surface area contributed by atoms with Crippen molar-refractivity contribution in [3.63, 3.8) is 0 Å². The molecule has 0 atom stereocenters. The van der Waals surface area contributed by atoms with Gasteiger partial charge in [0.05, 0.1) is 17.5 Å². The van der Waals surface area contributed by atoms with E-state index in [1.165, 1.54) is 16.9 Å². The van der Waals surface area contributed by atoms with Crippen LogP contribution in [0.4, 0.5) is 4.39 Å². The van der Waals surface area contributed by atoms with Crippen molar-refractivity contribution in [3.8, 4) is 5.69 Å². The van der Waals surface area contributed by atoms with Crippen molar-refractivity contribution >= 4 is 11.9 Å². The third kappa shape index (κ3) is 4.18.